The number of para-hydroxylation sites is 1. The van der Waals surface area contributed by atoms with Crippen LogP contribution in [0.2, 0.25) is 0 Å². The molecule has 1 aromatic carbocycles. The monoisotopic (exact) mass is 294 g/mol. The minimum Gasteiger partial charge on any atom is -0.481 e. The molecule has 0 bridgehead atoms. The SMILES string of the molecule is CC(C)(CCNC(=O)Cc1ccccc1[N+](=O)[O-])C(=O)O. The third kappa shape index (κ3) is 4.87. The van der Waals surface area contributed by atoms with Crippen LogP contribution in [0.4, 0.5) is 5.69 Å². The largest absolute Gasteiger partial charge is 0.481 e. The summed E-state index contributed by atoms with van der Waals surface area (Å²) in [6, 6.07) is 6.03. The molecule has 0 fully saturated rings. The third-order valence-electron chi connectivity index (χ3n) is 3.19. The predicted molar refractivity (Wildman–Crippen MR) is 75.8 cm³/mol. The fraction of sp³-hybridized carbons (Fsp3) is 0.429. The molecule has 1 rings (SSSR count). The Bertz CT molecular complexity index is 554. The van der Waals surface area contributed by atoms with Gasteiger partial charge >= 0.3 is 5.97 Å². The Morgan fingerprint density at radius 3 is 2.52 bits per heavy atom. The Kier molecular flexibility index (Phi) is 5.40. The van der Waals surface area contributed by atoms with Crippen LogP contribution in [0.3, 0.4) is 0 Å². The number of hydrogen-bond acceptors (Lipinski definition) is 4. The van der Waals surface area contributed by atoms with Crippen LogP contribution in [-0.4, -0.2) is 28.5 Å². The van der Waals surface area contributed by atoms with E-state index in [2.05, 4.69) is 5.32 Å². The molecule has 0 saturated carbocycles. The Hall–Kier alpha value is -2.44. The summed E-state index contributed by atoms with van der Waals surface area (Å²) in [5, 5.41) is 22.4. The number of amides is 1. The molecule has 1 amide bonds. The van der Waals surface area contributed by atoms with Crippen LogP contribution in [-0.2, 0) is 16.0 Å². The number of nitro benzene ring substituents is 1. The summed E-state index contributed by atoms with van der Waals surface area (Å²) >= 11 is 0. The summed E-state index contributed by atoms with van der Waals surface area (Å²) in [4.78, 5) is 33.0. The Morgan fingerprint density at radius 2 is 1.95 bits per heavy atom. The van der Waals surface area contributed by atoms with Gasteiger partial charge in [0.1, 0.15) is 0 Å². The fourth-order valence-electron chi connectivity index (χ4n) is 1.70. The maximum absolute atomic E-state index is 11.8. The van der Waals surface area contributed by atoms with E-state index in [4.69, 9.17) is 5.11 Å². The number of aliphatic carboxylic acids is 1. The van der Waals surface area contributed by atoms with E-state index in [9.17, 15) is 19.7 Å². The van der Waals surface area contributed by atoms with Crippen molar-refractivity contribution in [2.24, 2.45) is 5.41 Å². The highest BCUT2D eigenvalue weighted by Crippen LogP contribution is 2.20. The van der Waals surface area contributed by atoms with Gasteiger partial charge in [0.05, 0.1) is 16.8 Å². The molecular weight excluding hydrogens is 276 g/mol. The molecule has 0 aliphatic carbocycles. The van der Waals surface area contributed by atoms with Crippen LogP contribution >= 0.6 is 0 Å². The molecule has 0 saturated heterocycles. The molecule has 0 radical (unpaired) electrons. The number of benzene rings is 1. The zero-order chi connectivity index (χ0) is 16.0. The van der Waals surface area contributed by atoms with Crippen molar-refractivity contribution in [3.05, 3.63) is 39.9 Å². The highest BCUT2D eigenvalue weighted by molar-refractivity contribution is 5.80. The molecular formula is C14H18N2O5. The molecule has 0 aromatic heterocycles. The van der Waals surface area contributed by atoms with Crippen LogP contribution < -0.4 is 5.32 Å². The van der Waals surface area contributed by atoms with Crippen molar-refractivity contribution < 1.29 is 19.6 Å². The van der Waals surface area contributed by atoms with Crippen molar-refractivity contribution in [3.8, 4) is 0 Å². The van der Waals surface area contributed by atoms with E-state index in [0.717, 1.165) is 0 Å². The molecule has 114 valence electrons. The second-order valence-corrected chi connectivity index (χ2v) is 5.35. The van der Waals surface area contributed by atoms with Gasteiger partial charge in [-0.1, -0.05) is 18.2 Å². The number of nitrogens with zero attached hydrogens (tertiary/aromatic N) is 1. The standard InChI is InChI=1S/C14H18N2O5/c1-14(2,13(18)19)7-8-15-12(17)9-10-5-3-4-6-11(10)16(20)21/h3-6H,7-9H2,1-2H3,(H,15,17)(H,18,19). The first-order valence-corrected chi connectivity index (χ1v) is 6.46. The van der Waals surface area contributed by atoms with Crippen molar-refractivity contribution in [1.29, 1.82) is 0 Å². The van der Waals surface area contributed by atoms with Crippen LogP contribution in [0.25, 0.3) is 0 Å². The van der Waals surface area contributed by atoms with Gasteiger partial charge in [-0.15, -0.1) is 0 Å². The predicted octanol–water partition coefficient (Wildman–Crippen LogP) is 1.75. The van der Waals surface area contributed by atoms with Crippen molar-refractivity contribution >= 4 is 17.6 Å². The summed E-state index contributed by atoms with van der Waals surface area (Å²) in [5.41, 5.74) is -0.692. The topological polar surface area (TPSA) is 110 Å². The first kappa shape index (κ1) is 16.6. The fourth-order valence-corrected chi connectivity index (χ4v) is 1.70. The normalized spacial score (nSPS) is 11.0. The number of rotatable bonds is 7. The zero-order valence-corrected chi connectivity index (χ0v) is 12.0. The van der Waals surface area contributed by atoms with E-state index >= 15 is 0 Å². The lowest BCUT2D eigenvalue weighted by atomic mass is 9.90. The Labute approximate surface area is 122 Å². The van der Waals surface area contributed by atoms with Crippen molar-refractivity contribution in [1.82, 2.24) is 5.32 Å². The van der Waals surface area contributed by atoms with Crippen molar-refractivity contribution in [2.75, 3.05) is 6.54 Å². The summed E-state index contributed by atoms with van der Waals surface area (Å²) in [7, 11) is 0. The molecule has 0 atom stereocenters. The first-order chi connectivity index (χ1) is 9.74. The smallest absolute Gasteiger partial charge is 0.309 e. The maximum atomic E-state index is 11.8. The Balaban J connectivity index is 2.56. The van der Waals surface area contributed by atoms with Gasteiger partial charge in [-0.3, -0.25) is 19.7 Å². The first-order valence-electron chi connectivity index (χ1n) is 6.46. The van der Waals surface area contributed by atoms with Crippen LogP contribution in [0.15, 0.2) is 24.3 Å². The number of nitrogens with one attached hydrogen (secondary N) is 1. The van der Waals surface area contributed by atoms with Gasteiger partial charge in [0.2, 0.25) is 5.91 Å². The lowest BCUT2D eigenvalue weighted by molar-refractivity contribution is -0.385. The minimum absolute atomic E-state index is 0.0986. The molecule has 0 aliphatic rings. The van der Waals surface area contributed by atoms with Gasteiger partial charge in [-0.25, -0.2) is 0 Å². The molecule has 7 nitrogen and oxygen atoms in total. The molecule has 0 aliphatic heterocycles. The summed E-state index contributed by atoms with van der Waals surface area (Å²) in [6.07, 6.45) is 0.176. The minimum atomic E-state index is -0.935. The summed E-state index contributed by atoms with van der Waals surface area (Å²) in [5.74, 6) is -1.30. The molecule has 7 heteroatoms. The lowest BCUT2D eigenvalue weighted by Crippen LogP contribution is -2.32. The molecule has 1 aromatic rings. The number of nitro groups is 1. The van der Waals surface area contributed by atoms with Crippen molar-refractivity contribution in [2.45, 2.75) is 26.7 Å². The van der Waals surface area contributed by atoms with Crippen LogP contribution in [0.1, 0.15) is 25.8 Å². The highest BCUT2D eigenvalue weighted by Gasteiger charge is 2.26. The molecule has 2 N–H and O–H groups in total. The molecule has 0 heterocycles. The van der Waals surface area contributed by atoms with E-state index in [1.165, 1.54) is 18.2 Å². The Morgan fingerprint density at radius 1 is 1.33 bits per heavy atom. The number of carboxylic acid groups (broad SMARTS) is 1. The number of carboxylic acids is 1. The lowest BCUT2D eigenvalue weighted by Gasteiger charge is -2.18. The average Bonchev–Trinajstić information content (AvgIpc) is 2.38. The third-order valence-corrected chi connectivity index (χ3v) is 3.19. The summed E-state index contributed by atoms with van der Waals surface area (Å²) < 4.78 is 0. The highest BCUT2D eigenvalue weighted by atomic mass is 16.6. The van der Waals surface area contributed by atoms with Gasteiger partial charge in [0.25, 0.3) is 5.69 Å². The van der Waals surface area contributed by atoms with E-state index in [1.54, 1.807) is 19.9 Å². The van der Waals surface area contributed by atoms with Gasteiger partial charge < -0.3 is 10.4 Å². The second kappa shape index (κ2) is 6.83. The average molecular weight is 294 g/mol. The van der Waals surface area contributed by atoms with E-state index in [1.807, 2.05) is 0 Å². The second-order valence-electron chi connectivity index (χ2n) is 5.35. The van der Waals surface area contributed by atoms with Gasteiger partial charge in [-0.2, -0.15) is 0 Å². The van der Waals surface area contributed by atoms with E-state index in [0.29, 0.717) is 5.56 Å². The van der Waals surface area contributed by atoms with Gasteiger partial charge in [-0.05, 0) is 20.3 Å². The molecule has 0 unspecified atom stereocenters. The number of carbonyl (C=O) groups is 2. The molecule has 0 spiro atoms. The van der Waals surface area contributed by atoms with Gasteiger partial charge in [0, 0.05) is 18.2 Å². The van der Waals surface area contributed by atoms with E-state index < -0.39 is 16.3 Å². The zero-order valence-electron chi connectivity index (χ0n) is 12.0. The van der Waals surface area contributed by atoms with Crippen LogP contribution in [0, 0.1) is 15.5 Å². The van der Waals surface area contributed by atoms with Crippen molar-refractivity contribution in [3.63, 3.8) is 0 Å². The quantitative estimate of drug-likeness (QED) is 0.588. The van der Waals surface area contributed by atoms with Gasteiger partial charge in [0.15, 0.2) is 0 Å². The van der Waals surface area contributed by atoms with E-state index in [-0.39, 0.29) is 31.0 Å². The number of carbonyl (C=O) groups excluding carboxylic acids is 1. The van der Waals surface area contributed by atoms with Crippen LogP contribution in [0.5, 0.6) is 0 Å². The number of hydrogen-bond donors (Lipinski definition) is 2. The molecule has 21 heavy (non-hydrogen) atoms. The summed E-state index contributed by atoms with van der Waals surface area (Å²) in [6.45, 7) is 3.35. The maximum Gasteiger partial charge on any atom is 0.309 e.